The molecule has 6 heteroatoms. The van der Waals surface area contributed by atoms with E-state index in [1.54, 1.807) is 6.07 Å². The molecule has 0 aliphatic heterocycles. The van der Waals surface area contributed by atoms with Crippen LogP contribution in [0.5, 0.6) is 0 Å². The fourth-order valence-electron chi connectivity index (χ4n) is 1.83. The number of nitrogens with one attached hydrogen (secondary N) is 2. The Morgan fingerprint density at radius 1 is 1.37 bits per heavy atom. The van der Waals surface area contributed by atoms with Gasteiger partial charge in [0.2, 0.25) is 10.0 Å². The zero-order valence-corrected chi connectivity index (χ0v) is 13.9. The number of hydrogen-bond acceptors (Lipinski definition) is 4. The zero-order valence-electron chi connectivity index (χ0n) is 12.3. The lowest BCUT2D eigenvalue weighted by atomic mass is 10.0. The van der Waals surface area contributed by atoms with E-state index in [0.717, 1.165) is 16.2 Å². The molecular weight excluding hydrogens is 280 g/mol. The number of rotatable bonds is 7. The van der Waals surface area contributed by atoms with Crippen molar-refractivity contribution in [1.29, 1.82) is 0 Å². The van der Waals surface area contributed by atoms with Gasteiger partial charge >= 0.3 is 0 Å². The predicted octanol–water partition coefficient (Wildman–Crippen LogP) is 2.49. The second-order valence-electron chi connectivity index (χ2n) is 4.96. The first kappa shape index (κ1) is 16.6. The van der Waals surface area contributed by atoms with Crippen molar-refractivity contribution < 1.29 is 8.42 Å². The Balaban J connectivity index is 2.94. The molecule has 0 bridgehead atoms. The minimum Gasteiger partial charge on any atom is -0.315 e. The molecule has 1 heterocycles. The summed E-state index contributed by atoms with van der Waals surface area (Å²) in [6.45, 7) is 8.59. The molecule has 0 aliphatic rings. The fourth-order valence-corrected chi connectivity index (χ4v) is 4.83. The van der Waals surface area contributed by atoms with Crippen LogP contribution in [0.4, 0.5) is 0 Å². The maximum Gasteiger partial charge on any atom is 0.241 e. The van der Waals surface area contributed by atoms with Gasteiger partial charge in [-0.2, -0.15) is 0 Å². The summed E-state index contributed by atoms with van der Waals surface area (Å²) in [5.74, 6) is 0.325. The summed E-state index contributed by atoms with van der Waals surface area (Å²) < 4.78 is 27.5. The van der Waals surface area contributed by atoms with Gasteiger partial charge in [0.1, 0.15) is 0 Å². The summed E-state index contributed by atoms with van der Waals surface area (Å²) in [5, 5.41) is 3.04. The van der Waals surface area contributed by atoms with E-state index in [1.165, 1.54) is 11.3 Å². The first-order valence-electron chi connectivity index (χ1n) is 6.58. The Labute approximate surface area is 120 Å². The second kappa shape index (κ2) is 6.83. The Morgan fingerprint density at radius 3 is 2.53 bits per heavy atom. The summed E-state index contributed by atoms with van der Waals surface area (Å²) >= 11 is 1.53. The lowest BCUT2D eigenvalue weighted by Crippen LogP contribution is -2.36. The van der Waals surface area contributed by atoms with Gasteiger partial charge in [-0.3, -0.25) is 0 Å². The van der Waals surface area contributed by atoms with Crippen molar-refractivity contribution in [2.45, 2.75) is 51.6 Å². The van der Waals surface area contributed by atoms with Crippen LogP contribution in [-0.2, 0) is 16.6 Å². The number of aryl methyl sites for hydroxylation is 1. The van der Waals surface area contributed by atoms with Crippen LogP contribution >= 0.6 is 11.3 Å². The molecule has 4 nitrogen and oxygen atoms in total. The SMILES string of the molecule is CCC(C)C(C)NS(=O)(=O)c1cc(CNC)sc1C. The molecule has 0 aliphatic carbocycles. The maximum absolute atomic E-state index is 12.4. The van der Waals surface area contributed by atoms with E-state index in [9.17, 15) is 8.42 Å². The second-order valence-corrected chi connectivity index (χ2v) is 7.98. The van der Waals surface area contributed by atoms with Crippen molar-refractivity contribution in [3.8, 4) is 0 Å². The van der Waals surface area contributed by atoms with Gasteiger partial charge in [-0.15, -0.1) is 11.3 Å². The maximum atomic E-state index is 12.4. The molecule has 0 radical (unpaired) electrons. The summed E-state index contributed by atoms with van der Waals surface area (Å²) in [5.41, 5.74) is 0. The van der Waals surface area contributed by atoms with Crippen LogP contribution in [0.1, 0.15) is 36.9 Å². The molecule has 2 atom stereocenters. The summed E-state index contributed by atoms with van der Waals surface area (Å²) in [4.78, 5) is 2.29. The van der Waals surface area contributed by atoms with E-state index in [1.807, 2.05) is 20.9 Å². The van der Waals surface area contributed by atoms with Gasteiger partial charge in [0.15, 0.2) is 0 Å². The summed E-state index contributed by atoms with van der Waals surface area (Å²) in [6, 6.07) is 1.71. The largest absolute Gasteiger partial charge is 0.315 e. The summed E-state index contributed by atoms with van der Waals surface area (Å²) in [7, 11) is -1.56. The Bertz CT molecular complexity index is 509. The topological polar surface area (TPSA) is 58.2 Å². The van der Waals surface area contributed by atoms with Crippen molar-refractivity contribution in [1.82, 2.24) is 10.0 Å². The van der Waals surface area contributed by atoms with E-state index >= 15 is 0 Å². The van der Waals surface area contributed by atoms with Crippen molar-refractivity contribution in [2.24, 2.45) is 5.92 Å². The molecule has 0 amide bonds. The summed E-state index contributed by atoms with van der Waals surface area (Å²) in [6.07, 6.45) is 0.956. The third kappa shape index (κ3) is 4.27. The van der Waals surface area contributed by atoms with Crippen molar-refractivity contribution in [2.75, 3.05) is 7.05 Å². The van der Waals surface area contributed by atoms with Gasteiger partial charge in [0.05, 0.1) is 4.90 Å². The normalized spacial score (nSPS) is 15.4. The quantitative estimate of drug-likeness (QED) is 0.813. The molecular formula is C13H24N2O2S2. The van der Waals surface area contributed by atoms with E-state index < -0.39 is 10.0 Å². The Kier molecular flexibility index (Phi) is 5.98. The van der Waals surface area contributed by atoms with Crippen LogP contribution in [0.15, 0.2) is 11.0 Å². The van der Waals surface area contributed by atoms with Gasteiger partial charge < -0.3 is 5.32 Å². The first-order chi connectivity index (χ1) is 8.81. The number of sulfonamides is 1. The average molecular weight is 304 g/mol. The molecule has 0 saturated carbocycles. The van der Waals surface area contributed by atoms with E-state index in [4.69, 9.17) is 0 Å². The highest BCUT2D eigenvalue weighted by Gasteiger charge is 2.23. The van der Waals surface area contributed by atoms with Crippen LogP contribution in [0, 0.1) is 12.8 Å². The Morgan fingerprint density at radius 2 is 2.00 bits per heavy atom. The van der Waals surface area contributed by atoms with E-state index in [-0.39, 0.29) is 6.04 Å². The van der Waals surface area contributed by atoms with Crippen LogP contribution in [-0.4, -0.2) is 21.5 Å². The molecule has 0 saturated heterocycles. The molecule has 1 rings (SSSR count). The molecule has 1 aromatic rings. The molecule has 2 N–H and O–H groups in total. The number of hydrogen-bond donors (Lipinski definition) is 2. The van der Waals surface area contributed by atoms with Gasteiger partial charge in [-0.05, 0) is 32.9 Å². The van der Waals surface area contributed by atoms with Crippen molar-refractivity contribution in [3.63, 3.8) is 0 Å². The highest BCUT2D eigenvalue weighted by Crippen LogP contribution is 2.26. The average Bonchev–Trinajstić information content (AvgIpc) is 2.70. The fraction of sp³-hybridized carbons (Fsp3) is 0.692. The third-order valence-electron chi connectivity index (χ3n) is 3.40. The minimum absolute atomic E-state index is 0.0537. The minimum atomic E-state index is -3.41. The predicted molar refractivity (Wildman–Crippen MR) is 81.1 cm³/mol. The highest BCUT2D eigenvalue weighted by molar-refractivity contribution is 7.89. The van der Waals surface area contributed by atoms with Gasteiger partial charge in [-0.25, -0.2) is 13.1 Å². The van der Waals surface area contributed by atoms with Crippen LogP contribution < -0.4 is 10.0 Å². The smallest absolute Gasteiger partial charge is 0.241 e. The monoisotopic (exact) mass is 304 g/mol. The molecule has 110 valence electrons. The van der Waals surface area contributed by atoms with Gasteiger partial charge in [0.25, 0.3) is 0 Å². The zero-order chi connectivity index (χ0) is 14.6. The molecule has 0 fully saturated rings. The van der Waals surface area contributed by atoms with Crippen molar-refractivity contribution >= 4 is 21.4 Å². The van der Waals surface area contributed by atoms with Gasteiger partial charge in [-0.1, -0.05) is 20.3 Å². The standard InChI is InChI=1S/C13H24N2O2S2/c1-6-9(2)10(3)15-19(16,17)13-7-12(8-14-5)18-11(13)4/h7,9-10,14-15H,6,8H2,1-5H3. The first-order valence-corrected chi connectivity index (χ1v) is 8.88. The number of thiophene rings is 1. The Hall–Kier alpha value is -0.430. The molecule has 1 aromatic heterocycles. The lowest BCUT2D eigenvalue weighted by molar-refractivity contribution is 0.434. The highest BCUT2D eigenvalue weighted by atomic mass is 32.2. The molecule has 19 heavy (non-hydrogen) atoms. The van der Waals surface area contributed by atoms with Gasteiger partial charge in [0, 0.05) is 22.3 Å². The lowest BCUT2D eigenvalue weighted by Gasteiger charge is -2.19. The van der Waals surface area contributed by atoms with E-state index in [0.29, 0.717) is 17.4 Å². The van der Waals surface area contributed by atoms with Crippen molar-refractivity contribution in [3.05, 3.63) is 15.8 Å². The van der Waals surface area contributed by atoms with E-state index in [2.05, 4.69) is 23.9 Å². The molecule has 0 aromatic carbocycles. The third-order valence-corrected chi connectivity index (χ3v) is 6.27. The van der Waals surface area contributed by atoms with Crippen LogP contribution in [0.3, 0.4) is 0 Å². The van der Waals surface area contributed by atoms with Crippen LogP contribution in [0.2, 0.25) is 0 Å². The molecule has 0 spiro atoms. The molecule has 2 unspecified atom stereocenters. The van der Waals surface area contributed by atoms with Crippen LogP contribution in [0.25, 0.3) is 0 Å².